The number of nitrogens with one attached hydrogen (secondary N) is 8. The van der Waals surface area contributed by atoms with Crippen molar-refractivity contribution < 1.29 is 160 Å². The first-order chi connectivity index (χ1) is 64.2. The minimum absolute atomic E-state index is 0.211. The molecule has 0 aliphatic rings. The number of aliphatic hydroxyl groups is 5. The van der Waals surface area contributed by atoms with Gasteiger partial charge in [0.1, 0.15) is 0 Å². The fraction of sp³-hybridized carbons (Fsp3) is 0.901. The largest absolute Gasteiger partial charge is 0.481 e. The third-order valence-corrected chi connectivity index (χ3v) is 7.45. The van der Waals surface area contributed by atoms with Crippen molar-refractivity contribution in [2.75, 3.05) is 343 Å². The van der Waals surface area contributed by atoms with Gasteiger partial charge in [-0.1, -0.05) is 55.4 Å². The van der Waals surface area contributed by atoms with Gasteiger partial charge in [-0.3, -0.25) is 43.2 Å². The fourth-order valence-electron chi connectivity index (χ4n) is 1.02. The monoisotopic (exact) mass is 2040 g/mol. The lowest BCUT2D eigenvalue weighted by molar-refractivity contribution is -0.141. The highest BCUT2D eigenvalue weighted by atomic mass is 16.6. The molecule has 0 bridgehead atoms. The Morgan fingerprint density at radius 3 is 0.206 bits per heavy atom. The summed E-state index contributed by atoms with van der Waals surface area (Å²) in [5.74, 6) is -4.39. The van der Waals surface area contributed by atoms with E-state index in [1.807, 2.05) is 126 Å². The summed E-state index contributed by atoms with van der Waals surface area (Å²) in [5.41, 5.74) is 18.0. The van der Waals surface area contributed by atoms with E-state index in [2.05, 4.69) is 192 Å². The summed E-state index contributed by atoms with van der Waals surface area (Å²) in [5, 5.41) is 88.1. The average Bonchev–Trinajstić information content (AvgIpc) is 1.21. The van der Waals surface area contributed by atoms with Crippen molar-refractivity contribution in [2.24, 2.45) is 22.9 Å². The number of hydrogen-bond acceptors (Lipinski definition) is 41. The quantitative estimate of drug-likeness (QED) is 0.0341. The van der Waals surface area contributed by atoms with Crippen LogP contribution in [0.25, 0.3) is 0 Å². The molecule has 0 aromatic heterocycles. The van der Waals surface area contributed by atoms with Crippen LogP contribution in [0.15, 0.2) is 0 Å². The van der Waals surface area contributed by atoms with E-state index in [-0.39, 0.29) is 29.8 Å². The van der Waals surface area contributed by atoms with Crippen LogP contribution in [0.2, 0.25) is 0 Å². The van der Waals surface area contributed by atoms with Gasteiger partial charge in [0, 0.05) is 235 Å². The number of aliphatic carboxylic acids is 4. The van der Waals surface area contributed by atoms with Crippen LogP contribution in [0.5, 0.6) is 0 Å². The molecule has 870 valence electrons. The molecule has 0 saturated carbocycles. The van der Waals surface area contributed by atoms with Gasteiger partial charge in [-0.25, -0.2) is 0 Å². The van der Waals surface area contributed by atoms with Gasteiger partial charge >= 0.3 is 29.8 Å². The van der Waals surface area contributed by atoms with Gasteiger partial charge in [-0.2, -0.15) is 0 Å². The van der Waals surface area contributed by atoms with Crippen LogP contribution < -0.4 is 65.5 Å². The number of methoxy groups -OCH3 is 10. The summed E-state index contributed by atoms with van der Waals surface area (Å²) in [6.45, 7) is 75.5. The molecule has 0 spiro atoms. The Bertz CT molecular complexity index is 1110. The summed E-state index contributed by atoms with van der Waals surface area (Å²) in [6.07, 6.45) is 0. The SMILES string of the molecule is CC(=O)O.CC(=O)O.CC(=O)O.CC(=O)O.CCNC.CCNC.CCNC.CCNC.CCNC.CCNC.CCNC.CCNC.CCOC.CCOC.CCOC.CCOC.CCOC.CCOC.CCOC.CCOC.CCOC.CCOC.CCOC(C)=O.CCOC(C)=O.CCOC(C)=O.CCOC(C)=O.CCOC(C)=O.CN.CN.CN.CN.CO.CO.CO.CO.CO. The van der Waals surface area contributed by atoms with E-state index in [0.717, 1.165) is 182 Å². The van der Waals surface area contributed by atoms with Crippen LogP contribution in [-0.2, 0) is 114 Å². The number of carboxylic acid groups (broad SMARTS) is 4. The molecule has 0 radical (unpaired) electrons. The van der Waals surface area contributed by atoms with Gasteiger partial charge in [0.05, 0.1) is 33.0 Å². The van der Waals surface area contributed by atoms with Crippen molar-refractivity contribution in [1.82, 2.24) is 42.5 Å². The van der Waals surface area contributed by atoms with Gasteiger partial charge in [0.25, 0.3) is 23.9 Å². The Morgan fingerprint density at radius 1 is 0.169 bits per heavy atom. The molecule has 0 aliphatic carbocycles. The van der Waals surface area contributed by atoms with Crippen molar-refractivity contribution in [1.29, 1.82) is 0 Å². The van der Waals surface area contributed by atoms with Crippen LogP contribution in [0.4, 0.5) is 0 Å². The Balaban J connectivity index is -0.0000000223. The van der Waals surface area contributed by atoms with Crippen LogP contribution >= 0.6 is 0 Å². The molecule has 0 atom stereocenters. The maximum atomic E-state index is 9.82. The minimum Gasteiger partial charge on any atom is -0.481 e. The summed E-state index contributed by atoms with van der Waals surface area (Å²) < 4.78 is 67.4. The van der Waals surface area contributed by atoms with E-state index in [9.17, 15) is 24.0 Å². The van der Waals surface area contributed by atoms with Gasteiger partial charge in [0.2, 0.25) is 0 Å². The highest BCUT2D eigenvalue weighted by Crippen LogP contribution is 1.73. The van der Waals surface area contributed by atoms with Gasteiger partial charge in [-0.15, -0.1) is 0 Å². The third-order valence-electron chi connectivity index (χ3n) is 7.45. The number of rotatable bonds is 23. The Labute approximate surface area is 840 Å². The van der Waals surface area contributed by atoms with Crippen molar-refractivity contribution >= 4 is 53.7 Å². The minimum atomic E-state index is -0.833. The first kappa shape index (κ1) is 245. The standard InChI is InChI=1S/5C4H8O2.8C3H9N.10C3H8O.4C2H4O2.4CH5N.5CH4O/c5*1-3-6-4(2)5;18*1-3-4-2;4*1-2(3)4;9*1-2/h5*3H2,1-2H3;8*4H,3H2,1-2H3;10*3H2,1-2H3;4*1H3,(H,3,4);4*2H2,1H3;5*2H,1H3. The lowest BCUT2D eigenvalue weighted by Crippen LogP contribution is -2.01. The first-order valence-corrected chi connectivity index (χ1v) is 44.3. The number of aliphatic hydroxyl groups excluding tert-OH is 5. The normalized spacial score (nSPS) is 6.79. The second-order valence-electron chi connectivity index (χ2n) is 18.1. The fourth-order valence-corrected chi connectivity index (χ4v) is 1.02. The molecule has 0 rings (SSSR count). The van der Waals surface area contributed by atoms with E-state index in [0.29, 0.717) is 33.0 Å². The highest BCUT2D eigenvalue weighted by Gasteiger charge is 1.84. The summed E-state index contributed by atoms with van der Waals surface area (Å²) in [4.78, 5) is 85.1. The molecule has 0 heterocycles. The molecule has 0 aromatic rings. The number of nitrogens with two attached hydrogens (primary N) is 4. The molecule has 25 N–H and O–H groups in total. The van der Waals surface area contributed by atoms with Crippen molar-refractivity contribution in [3.63, 3.8) is 0 Å². The molecule has 136 heavy (non-hydrogen) atoms. The van der Waals surface area contributed by atoms with Gasteiger partial charge in [0.15, 0.2) is 0 Å². The predicted octanol–water partition coefficient (Wildman–Crippen LogP) is 7.89. The van der Waals surface area contributed by atoms with Crippen LogP contribution in [-0.4, -0.2) is 442 Å². The van der Waals surface area contributed by atoms with E-state index in [1.54, 1.807) is 106 Å². The maximum absolute atomic E-state index is 9.82. The molecule has 0 saturated heterocycles. The Kier molecular flexibility index (Phi) is 847. The van der Waals surface area contributed by atoms with E-state index in [4.69, 9.17) is 65.1 Å². The van der Waals surface area contributed by atoms with Crippen LogP contribution in [0, 0.1) is 0 Å². The average molecular weight is 2040 g/mol. The number of carbonyl (C=O) groups excluding carboxylic acids is 5. The number of carbonyl (C=O) groups is 9. The second kappa shape index (κ2) is 470. The second-order valence-corrected chi connectivity index (χ2v) is 18.1. The number of esters is 5. The Hall–Kier alpha value is -5.85. The zero-order chi connectivity index (χ0) is 119. The predicted molar refractivity (Wildman–Crippen MR) is 578 cm³/mol. The molecule has 45 heteroatoms. The van der Waals surface area contributed by atoms with Crippen molar-refractivity contribution in [3.05, 3.63) is 0 Å². The van der Waals surface area contributed by atoms with Crippen molar-refractivity contribution in [3.8, 4) is 0 Å². The highest BCUT2D eigenvalue weighted by molar-refractivity contribution is 5.67. The molecule has 0 fully saturated rings. The summed E-state index contributed by atoms with van der Waals surface area (Å²) >= 11 is 0. The van der Waals surface area contributed by atoms with Crippen molar-refractivity contribution in [2.45, 2.75) is 222 Å². The van der Waals surface area contributed by atoms with E-state index in [1.165, 1.54) is 62.8 Å². The van der Waals surface area contributed by atoms with Crippen LogP contribution in [0.3, 0.4) is 0 Å². The topological polar surface area (TPSA) is 674 Å². The molecule has 0 amide bonds. The van der Waals surface area contributed by atoms with E-state index >= 15 is 0 Å². The molecule has 0 aliphatic heterocycles. The number of hydrogen-bond donors (Lipinski definition) is 21. The molecule has 45 nitrogen and oxygen atoms in total. The zero-order valence-corrected chi connectivity index (χ0v) is 99.9. The molecular formula is C91H248N12O33. The lowest BCUT2D eigenvalue weighted by atomic mass is 10.8. The first-order valence-electron chi connectivity index (χ1n) is 44.3. The molecular weight excluding hydrogens is 1790 g/mol. The third kappa shape index (κ3) is 2810. The zero-order valence-electron chi connectivity index (χ0n) is 99.9. The maximum Gasteiger partial charge on any atom is 0.302 e. The number of ether oxygens (including phenoxy) is 15. The smallest absolute Gasteiger partial charge is 0.302 e. The lowest BCUT2D eigenvalue weighted by Gasteiger charge is -1.89. The van der Waals surface area contributed by atoms with Gasteiger partial charge < -0.3 is 182 Å². The summed E-state index contributed by atoms with van der Waals surface area (Å²) in [7, 11) is 43.3. The van der Waals surface area contributed by atoms with E-state index < -0.39 is 23.9 Å². The molecule has 0 unspecified atom stereocenters. The summed E-state index contributed by atoms with van der Waals surface area (Å²) in [6, 6.07) is 0. The Morgan fingerprint density at radius 2 is 0.206 bits per heavy atom. The van der Waals surface area contributed by atoms with Crippen LogP contribution in [0.1, 0.15) is 222 Å². The van der Waals surface area contributed by atoms with Gasteiger partial charge in [-0.05, 0) is 241 Å². The molecule has 0 aromatic carbocycles. The number of carboxylic acids is 4.